The summed E-state index contributed by atoms with van der Waals surface area (Å²) in [4.78, 5) is 28.7. The minimum Gasteiger partial charge on any atom is -0.463 e. The molecule has 0 heterocycles. The highest BCUT2D eigenvalue weighted by Crippen LogP contribution is 2.25. The summed E-state index contributed by atoms with van der Waals surface area (Å²) < 4.78 is 5.08. The normalized spacial score (nSPS) is 10.8. The molecule has 0 aliphatic rings. The second kappa shape index (κ2) is 10.6. The fraction of sp³-hybridized carbons (Fsp3) is 0.0800. The number of amides is 1. The van der Waals surface area contributed by atoms with E-state index in [1.807, 2.05) is 42.5 Å². The topological polar surface area (TPSA) is 120 Å². The quantitative estimate of drug-likeness (QED) is 0.229. The summed E-state index contributed by atoms with van der Waals surface area (Å²) in [5.41, 5.74) is 14.7. The fourth-order valence-corrected chi connectivity index (χ4v) is 3.05. The van der Waals surface area contributed by atoms with Gasteiger partial charge < -0.3 is 21.5 Å². The molecule has 162 valence electrons. The van der Waals surface area contributed by atoms with Gasteiger partial charge in [0.25, 0.3) is 5.91 Å². The lowest BCUT2D eigenvalue weighted by molar-refractivity contribution is -0.137. The van der Waals surface area contributed by atoms with Crippen LogP contribution in [-0.4, -0.2) is 24.4 Å². The predicted molar refractivity (Wildman–Crippen MR) is 126 cm³/mol. The van der Waals surface area contributed by atoms with E-state index < -0.39 is 5.97 Å². The van der Waals surface area contributed by atoms with Crippen molar-refractivity contribution in [2.45, 2.75) is 6.92 Å². The Morgan fingerprint density at radius 3 is 2.22 bits per heavy atom. The lowest BCUT2D eigenvalue weighted by Crippen LogP contribution is -2.21. The summed E-state index contributed by atoms with van der Waals surface area (Å²) in [6.45, 7) is 2.06. The maximum Gasteiger partial charge on any atom is 0.331 e. The first-order valence-corrected chi connectivity index (χ1v) is 10.0. The first-order chi connectivity index (χ1) is 15.5. The highest BCUT2D eigenvalue weighted by molar-refractivity contribution is 6.05. The molecule has 3 aromatic rings. The Morgan fingerprint density at radius 2 is 1.56 bits per heavy atom. The second-order valence-corrected chi connectivity index (χ2v) is 6.79. The van der Waals surface area contributed by atoms with Crippen molar-refractivity contribution in [3.8, 4) is 0 Å². The molecule has 0 spiro atoms. The Bertz CT molecular complexity index is 1150. The number of nitrogens with zero attached hydrogens (tertiary/aromatic N) is 1. The summed E-state index contributed by atoms with van der Waals surface area (Å²) in [5, 5.41) is 2.84. The van der Waals surface area contributed by atoms with E-state index in [2.05, 4.69) is 10.3 Å². The van der Waals surface area contributed by atoms with Gasteiger partial charge in [-0.25, -0.2) is 9.79 Å². The van der Waals surface area contributed by atoms with E-state index in [1.165, 1.54) is 6.08 Å². The van der Waals surface area contributed by atoms with E-state index in [-0.39, 0.29) is 11.9 Å². The van der Waals surface area contributed by atoms with E-state index >= 15 is 0 Å². The van der Waals surface area contributed by atoms with Crippen LogP contribution in [0.1, 0.15) is 28.4 Å². The molecule has 0 saturated heterocycles. The van der Waals surface area contributed by atoms with Gasteiger partial charge in [0.1, 0.15) is 0 Å². The van der Waals surface area contributed by atoms with Crippen LogP contribution in [0.3, 0.4) is 0 Å². The van der Waals surface area contributed by atoms with Crippen LogP contribution in [0.4, 0.5) is 11.4 Å². The molecule has 0 aliphatic heterocycles. The Balaban J connectivity index is 1.82. The van der Waals surface area contributed by atoms with Crippen molar-refractivity contribution in [3.63, 3.8) is 0 Å². The van der Waals surface area contributed by atoms with E-state index in [0.717, 1.165) is 16.7 Å². The van der Waals surface area contributed by atoms with Crippen molar-refractivity contribution >= 4 is 34.8 Å². The molecule has 32 heavy (non-hydrogen) atoms. The van der Waals surface area contributed by atoms with Crippen molar-refractivity contribution in [2.75, 3.05) is 11.9 Å². The summed E-state index contributed by atoms with van der Waals surface area (Å²) in [6.07, 6.45) is 1.47. The number of nitrogens with two attached hydrogens (primary N) is 2. The van der Waals surface area contributed by atoms with Crippen LogP contribution in [0.2, 0.25) is 0 Å². The van der Waals surface area contributed by atoms with Crippen LogP contribution in [-0.2, 0) is 9.53 Å². The highest BCUT2D eigenvalue weighted by Gasteiger charge is 2.10. The maximum atomic E-state index is 12.6. The van der Waals surface area contributed by atoms with Gasteiger partial charge in [-0.3, -0.25) is 4.79 Å². The van der Waals surface area contributed by atoms with Crippen LogP contribution < -0.4 is 16.8 Å². The molecule has 7 heteroatoms. The van der Waals surface area contributed by atoms with Gasteiger partial charge in [-0.1, -0.05) is 48.5 Å². The number of aliphatic imine (C=N–C) groups is 1. The Hall–Kier alpha value is -4.39. The second-order valence-electron chi connectivity index (χ2n) is 6.79. The smallest absolute Gasteiger partial charge is 0.331 e. The standard InChI is InChI=1S/C25H24N4O3/c1-2-32-23(30)16-22(17-7-4-3-5-8-17)18-11-13-20(14-12-18)28-24(31)19-9-6-10-21(15-19)29-25(26)27/h3-16H,2H2,1H3,(H,28,31)(H4,26,27,29)/b22-16+. The molecule has 0 aromatic heterocycles. The molecule has 0 unspecified atom stereocenters. The van der Waals surface area contributed by atoms with Crippen LogP contribution in [0, 0.1) is 0 Å². The van der Waals surface area contributed by atoms with Gasteiger partial charge >= 0.3 is 5.97 Å². The molecule has 0 radical (unpaired) electrons. The van der Waals surface area contributed by atoms with Crippen molar-refractivity contribution in [2.24, 2.45) is 16.5 Å². The van der Waals surface area contributed by atoms with Crippen LogP contribution in [0.5, 0.6) is 0 Å². The molecule has 7 nitrogen and oxygen atoms in total. The molecule has 0 fully saturated rings. The van der Waals surface area contributed by atoms with Crippen LogP contribution >= 0.6 is 0 Å². The van der Waals surface area contributed by atoms with Gasteiger partial charge in [0, 0.05) is 17.3 Å². The molecule has 3 aromatic carbocycles. The minimum absolute atomic E-state index is 0.0803. The number of ether oxygens (including phenoxy) is 1. The fourth-order valence-electron chi connectivity index (χ4n) is 3.05. The van der Waals surface area contributed by atoms with Crippen LogP contribution in [0.25, 0.3) is 5.57 Å². The van der Waals surface area contributed by atoms with Crippen molar-refractivity contribution in [1.29, 1.82) is 0 Å². The molecule has 5 N–H and O–H groups in total. The van der Waals surface area contributed by atoms with Gasteiger partial charge in [0.05, 0.1) is 12.3 Å². The molecule has 1 amide bonds. The third kappa shape index (κ3) is 6.06. The van der Waals surface area contributed by atoms with Crippen molar-refractivity contribution < 1.29 is 14.3 Å². The summed E-state index contributed by atoms with van der Waals surface area (Å²) in [5.74, 6) is -0.789. The SMILES string of the molecule is CCOC(=O)/C=C(\c1ccccc1)c1ccc(NC(=O)c2cccc(N=C(N)N)c2)cc1. The number of benzene rings is 3. The first-order valence-electron chi connectivity index (χ1n) is 10.0. The van der Waals surface area contributed by atoms with Crippen molar-refractivity contribution in [3.05, 3.63) is 102 Å². The monoisotopic (exact) mass is 428 g/mol. The van der Waals surface area contributed by atoms with E-state index in [9.17, 15) is 9.59 Å². The van der Waals surface area contributed by atoms with E-state index in [0.29, 0.717) is 23.5 Å². The molecule has 0 aliphatic carbocycles. The Labute approximate surface area is 186 Å². The molecule has 0 saturated carbocycles. The number of carbonyl (C=O) groups excluding carboxylic acids is 2. The zero-order valence-electron chi connectivity index (χ0n) is 17.6. The van der Waals surface area contributed by atoms with Gasteiger partial charge in [-0.15, -0.1) is 0 Å². The largest absolute Gasteiger partial charge is 0.463 e. The third-order valence-electron chi connectivity index (χ3n) is 4.45. The third-order valence-corrected chi connectivity index (χ3v) is 4.45. The number of hydrogen-bond acceptors (Lipinski definition) is 4. The van der Waals surface area contributed by atoms with E-state index in [1.54, 1.807) is 43.3 Å². The Morgan fingerprint density at radius 1 is 0.906 bits per heavy atom. The van der Waals surface area contributed by atoms with Gasteiger partial charge in [-0.2, -0.15) is 0 Å². The average Bonchev–Trinajstić information content (AvgIpc) is 2.79. The number of nitrogens with one attached hydrogen (secondary N) is 1. The zero-order valence-corrected chi connectivity index (χ0v) is 17.6. The van der Waals surface area contributed by atoms with Gasteiger partial charge in [0.15, 0.2) is 5.96 Å². The number of guanidine groups is 1. The summed E-state index contributed by atoms with van der Waals surface area (Å²) in [7, 11) is 0. The summed E-state index contributed by atoms with van der Waals surface area (Å²) >= 11 is 0. The highest BCUT2D eigenvalue weighted by atomic mass is 16.5. The predicted octanol–water partition coefficient (Wildman–Crippen LogP) is 3.84. The molecule has 0 atom stereocenters. The zero-order chi connectivity index (χ0) is 22.9. The molecular formula is C25H24N4O3. The first kappa shape index (κ1) is 22.3. The number of esters is 1. The van der Waals surface area contributed by atoms with Crippen LogP contribution in [0.15, 0.2) is 89.9 Å². The lowest BCUT2D eigenvalue weighted by atomic mass is 9.97. The minimum atomic E-state index is -0.413. The van der Waals surface area contributed by atoms with Gasteiger partial charge in [-0.05, 0) is 54.0 Å². The van der Waals surface area contributed by atoms with Gasteiger partial charge in [0.2, 0.25) is 0 Å². The number of hydrogen-bond donors (Lipinski definition) is 3. The number of carbonyl (C=O) groups is 2. The number of rotatable bonds is 7. The lowest BCUT2D eigenvalue weighted by Gasteiger charge is -2.11. The summed E-state index contributed by atoms with van der Waals surface area (Å²) in [6, 6.07) is 23.4. The van der Waals surface area contributed by atoms with Crippen molar-refractivity contribution in [1.82, 2.24) is 0 Å². The van der Waals surface area contributed by atoms with E-state index in [4.69, 9.17) is 16.2 Å². The molecule has 0 bridgehead atoms. The maximum absolute atomic E-state index is 12.6. The average molecular weight is 428 g/mol. The molecular weight excluding hydrogens is 404 g/mol. The number of anilines is 1. The molecule has 3 rings (SSSR count). The Kier molecular flexibility index (Phi) is 7.37.